The Kier molecular flexibility index (Phi) is 3.51. The summed E-state index contributed by atoms with van der Waals surface area (Å²) in [4.78, 5) is 4.63. The van der Waals surface area contributed by atoms with Crippen molar-refractivity contribution >= 4 is 22.6 Å². The Labute approximate surface area is 115 Å². The van der Waals surface area contributed by atoms with Gasteiger partial charge < -0.3 is 5.32 Å². The molecule has 0 aromatic heterocycles. The third-order valence-electron chi connectivity index (χ3n) is 2.91. The summed E-state index contributed by atoms with van der Waals surface area (Å²) in [6, 6.07) is 16.8. The molecule has 2 nitrogen and oxygen atoms in total. The molecule has 1 aliphatic heterocycles. The molecule has 96 valence electrons. The molecule has 1 unspecified atom stereocenters. The van der Waals surface area contributed by atoms with Gasteiger partial charge in [-0.05, 0) is 23.8 Å². The van der Waals surface area contributed by atoms with E-state index in [1.54, 1.807) is 17.8 Å². The summed E-state index contributed by atoms with van der Waals surface area (Å²) in [6.07, 6.45) is 0. The van der Waals surface area contributed by atoms with Gasteiger partial charge in [0.2, 0.25) is 0 Å². The van der Waals surface area contributed by atoms with E-state index in [2.05, 4.69) is 22.4 Å². The summed E-state index contributed by atoms with van der Waals surface area (Å²) in [7, 11) is 0. The number of thioether (sulfide) groups is 1. The van der Waals surface area contributed by atoms with Gasteiger partial charge in [-0.3, -0.25) is 4.99 Å². The van der Waals surface area contributed by atoms with Gasteiger partial charge in [-0.15, -0.1) is 0 Å². The third-order valence-corrected chi connectivity index (χ3v) is 3.87. The van der Waals surface area contributed by atoms with Gasteiger partial charge in [0, 0.05) is 11.4 Å². The van der Waals surface area contributed by atoms with E-state index in [1.165, 1.54) is 17.7 Å². The number of nitrogens with zero attached hydrogens (tertiary/aromatic N) is 1. The SMILES string of the molecule is Fc1cccc(NC2=NC(c3ccccc3)CS2)c1. The average molecular weight is 272 g/mol. The van der Waals surface area contributed by atoms with Gasteiger partial charge in [0.25, 0.3) is 0 Å². The zero-order valence-electron chi connectivity index (χ0n) is 10.2. The Morgan fingerprint density at radius 1 is 1.11 bits per heavy atom. The highest BCUT2D eigenvalue weighted by molar-refractivity contribution is 8.14. The minimum absolute atomic E-state index is 0.183. The van der Waals surface area contributed by atoms with Crippen molar-refractivity contribution < 1.29 is 4.39 Å². The molecule has 0 aliphatic carbocycles. The summed E-state index contributed by atoms with van der Waals surface area (Å²) in [5.41, 5.74) is 1.95. The molecule has 0 fully saturated rings. The Balaban J connectivity index is 1.74. The minimum atomic E-state index is -0.242. The molecule has 1 atom stereocenters. The predicted molar refractivity (Wildman–Crippen MR) is 79.1 cm³/mol. The fraction of sp³-hybridized carbons (Fsp3) is 0.133. The lowest BCUT2D eigenvalue weighted by molar-refractivity contribution is 0.628. The van der Waals surface area contributed by atoms with Crippen LogP contribution in [-0.4, -0.2) is 10.9 Å². The molecule has 0 saturated heterocycles. The van der Waals surface area contributed by atoms with Crippen LogP contribution in [0.5, 0.6) is 0 Å². The first-order valence-electron chi connectivity index (χ1n) is 6.09. The van der Waals surface area contributed by atoms with E-state index in [-0.39, 0.29) is 11.9 Å². The summed E-state index contributed by atoms with van der Waals surface area (Å²) >= 11 is 1.66. The molecule has 4 heteroatoms. The maximum Gasteiger partial charge on any atom is 0.161 e. The number of amidine groups is 1. The van der Waals surface area contributed by atoms with Crippen molar-refractivity contribution in [1.82, 2.24) is 0 Å². The quantitative estimate of drug-likeness (QED) is 0.890. The molecule has 0 bridgehead atoms. The van der Waals surface area contributed by atoms with Crippen molar-refractivity contribution in [1.29, 1.82) is 0 Å². The zero-order chi connectivity index (χ0) is 13.1. The van der Waals surface area contributed by atoms with Crippen LogP contribution in [0.4, 0.5) is 10.1 Å². The van der Waals surface area contributed by atoms with Crippen LogP contribution in [0.15, 0.2) is 59.6 Å². The highest BCUT2D eigenvalue weighted by Crippen LogP contribution is 2.30. The van der Waals surface area contributed by atoms with Gasteiger partial charge in [-0.1, -0.05) is 48.2 Å². The van der Waals surface area contributed by atoms with Crippen LogP contribution in [-0.2, 0) is 0 Å². The second-order valence-corrected chi connectivity index (χ2v) is 5.32. The van der Waals surface area contributed by atoms with Gasteiger partial charge in [-0.25, -0.2) is 4.39 Å². The Hall–Kier alpha value is -1.81. The molecule has 2 aromatic rings. The summed E-state index contributed by atoms with van der Waals surface area (Å²) in [6.45, 7) is 0. The third kappa shape index (κ3) is 2.96. The zero-order valence-corrected chi connectivity index (χ0v) is 11.0. The van der Waals surface area contributed by atoms with Gasteiger partial charge in [0.05, 0.1) is 6.04 Å². The molecule has 0 radical (unpaired) electrons. The smallest absolute Gasteiger partial charge is 0.161 e. The predicted octanol–water partition coefficient (Wildman–Crippen LogP) is 4.08. The highest BCUT2D eigenvalue weighted by atomic mass is 32.2. The van der Waals surface area contributed by atoms with Crippen LogP contribution in [0, 0.1) is 5.82 Å². The van der Waals surface area contributed by atoms with Crippen molar-refractivity contribution in [3.63, 3.8) is 0 Å². The lowest BCUT2D eigenvalue weighted by Gasteiger charge is -2.05. The first-order chi connectivity index (χ1) is 9.31. The summed E-state index contributed by atoms with van der Waals surface area (Å²) in [5, 5.41) is 4.00. The minimum Gasteiger partial charge on any atom is -0.335 e. The van der Waals surface area contributed by atoms with Gasteiger partial charge in [0.1, 0.15) is 5.82 Å². The number of benzene rings is 2. The van der Waals surface area contributed by atoms with Gasteiger partial charge >= 0.3 is 0 Å². The van der Waals surface area contributed by atoms with Crippen molar-refractivity contribution in [3.8, 4) is 0 Å². The van der Waals surface area contributed by atoms with Crippen molar-refractivity contribution in [3.05, 3.63) is 66.0 Å². The fourth-order valence-electron chi connectivity index (χ4n) is 1.98. The number of nitrogens with one attached hydrogen (secondary N) is 1. The maximum atomic E-state index is 13.1. The molecular weight excluding hydrogens is 259 g/mol. The molecule has 3 rings (SSSR count). The Bertz CT molecular complexity index is 598. The topological polar surface area (TPSA) is 24.4 Å². The molecule has 2 aromatic carbocycles. The van der Waals surface area contributed by atoms with Crippen LogP contribution >= 0.6 is 11.8 Å². The second kappa shape index (κ2) is 5.45. The molecule has 0 saturated carbocycles. The number of halogens is 1. The number of hydrogen-bond donors (Lipinski definition) is 1. The molecule has 1 heterocycles. The lowest BCUT2D eigenvalue weighted by Crippen LogP contribution is -2.04. The first kappa shape index (κ1) is 12.2. The standard InChI is InChI=1S/C15H13FN2S/c16-12-7-4-8-13(9-12)17-15-18-14(10-19-15)11-5-2-1-3-6-11/h1-9,14H,10H2,(H,17,18). The van der Waals surface area contributed by atoms with Crippen LogP contribution in [0.2, 0.25) is 0 Å². The molecular formula is C15H13FN2S. The fourth-order valence-corrected chi connectivity index (χ4v) is 2.95. The van der Waals surface area contributed by atoms with Crippen LogP contribution in [0.1, 0.15) is 11.6 Å². The van der Waals surface area contributed by atoms with E-state index >= 15 is 0 Å². The molecule has 0 spiro atoms. The van der Waals surface area contributed by atoms with Gasteiger partial charge in [-0.2, -0.15) is 0 Å². The van der Waals surface area contributed by atoms with Crippen molar-refractivity contribution in [2.24, 2.45) is 4.99 Å². The van der Waals surface area contributed by atoms with Crippen molar-refractivity contribution in [2.45, 2.75) is 6.04 Å². The molecule has 1 aliphatic rings. The Morgan fingerprint density at radius 3 is 2.74 bits per heavy atom. The van der Waals surface area contributed by atoms with E-state index < -0.39 is 0 Å². The van der Waals surface area contributed by atoms with E-state index in [4.69, 9.17) is 0 Å². The normalized spacial score (nSPS) is 18.2. The Morgan fingerprint density at radius 2 is 1.95 bits per heavy atom. The summed E-state index contributed by atoms with van der Waals surface area (Å²) in [5.74, 6) is 0.676. The number of rotatable bonds is 2. The van der Waals surface area contributed by atoms with Gasteiger partial charge in [0.15, 0.2) is 5.17 Å². The molecule has 1 N–H and O–H groups in total. The largest absolute Gasteiger partial charge is 0.335 e. The average Bonchev–Trinajstić information content (AvgIpc) is 2.88. The lowest BCUT2D eigenvalue weighted by atomic mass is 10.1. The van der Waals surface area contributed by atoms with E-state index in [0.29, 0.717) is 0 Å². The highest BCUT2D eigenvalue weighted by Gasteiger charge is 2.19. The maximum absolute atomic E-state index is 13.1. The second-order valence-electron chi connectivity index (χ2n) is 4.31. The summed E-state index contributed by atoms with van der Waals surface area (Å²) < 4.78 is 13.1. The van der Waals surface area contributed by atoms with E-state index in [0.717, 1.165) is 16.6 Å². The molecule has 0 amide bonds. The number of hydrogen-bond acceptors (Lipinski definition) is 3. The van der Waals surface area contributed by atoms with E-state index in [9.17, 15) is 4.39 Å². The van der Waals surface area contributed by atoms with Crippen LogP contribution in [0.3, 0.4) is 0 Å². The monoisotopic (exact) mass is 272 g/mol. The first-order valence-corrected chi connectivity index (χ1v) is 7.08. The van der Waals surface area contributed by atoms with Crippen molar-refractivity contribution in [2.75, 3.05) is 11.1 Å². The number of anilines is 1. The van der Waals surface area contributed by atoms with E-state index in [1.807, 2.05) is 24.3 Å². The van der Waals surface area contributed by atoms with Crippen LogP contribution in [0.25, 0.3) is 0 Å². The van der Waals surface area contributed by atoms with Crippen LogP contribution < -0.4 is 5.32 Å². The molecule has 19 heavy (non-hydrogen) atoms. The number of aliphatic imine (C=N–C) groups is 1.